The van der Waals surface area contributed by atoms with Crippen LogP contribution in [-0.2, 0) is 19.7 Å². The molecule has 0 rings (SSSR count). The molecular weight excluding hydrogens is 362 g/mol. The van der Waals surface area contributed by atoms with Gasteiger partial charge in [-0.3, -0.25) is 14.1 Å². The fourth-order valence-electron chi connectivity index (χ4n) is 3.78. The largest absolute Gasteiger partial charge is 0.481 e. The maximum Gasteiger partial charge on any atom is 0.328 e. The first-order valence-electron chi connectivity index (χ1n) is 9.01. The summed E-state index contributed by atoms with van der Waals surface area (Å²) in [6, 6.07) is 0. The van der Waals surface area contributed by atoms with Gasteiger partial charge in [0.15, 0.2) is 0 Å². The van der Waals surface area contributed by atoms with Gasteiger partial charge in [-0.2, -0.15) is 8.42 Å². The molecule has 0 amide bonds. The molecule has 0 heterocycles. The van der Waals surface area contributed by atoms with Gasteiger partial charge in [0, 0.05) is 0 Å². The Bertz CT molecular complexity index is 541. The standard InChI is InChI=1S/C17H32O7S.H3N/c1-4-7-8-9-10-13-17(15(20)21,25(22,23)24)16(11-5-2,12-6-3)14(18)19;/h4-13H2,1-3H3,(H,18,19)(H,20,21)(H,22,23,24);1H3. The zero-order valence-corrected chi connectivity index (χ0v) is 17.0. The molecule has 0 radical (unpaired) electrons. The molecule has 0 saturated carbocycles. The van der Waals surface area contributed by atoms with Crippen molar-refractivity contribution in [2.75, 3.05) is 0 Å². The molecule has 0 bridgehead atoms. The molecule has 0 aromatic carbocycles. The van der Waals surface area contributed by atoms with Crippen molar-refractivity contribution in [3.05, 3.63) is 0 Å². The number of carboxylic acid groups (broad SMARTS) is 2. The number of hydrogen-bond donors (Lipinski definition) is 4. The van der Waals surface area contributed by atoms with Gasteiger partial charge >= 0.3 is 11.9 Å². The molecule has 0 spiro atoms. The van der Waals surface area contributed by atoms with Crippen molar-refractivity contribution in [2.45, 2.75) is 89.7 Å². The van der Waals surface area contributed by atoms with Gasteiger partial charge in [0.2, 0.25) is 4.75 Å². The van der Waals surface area contributed by atoms with Crippen LogP contribution in [0.4, 0.5) is 0 Å². The lowest BCUT2D eigenvalue weighted by atomic mass is 9.66. The Morgan fingerprint density at radius 3 is 1.54 bits per heavy atom. The van der Waals surface area contributed by atoms with E-state index in [0.717, 1.165) is 19.3 Å². The second-order valence-corrected chi connectivity index (χ2v) is 8.31. The van der Waals surface area contributed by atoms with Crippen LogP contribution in [0.25, 0.3) is 0 Å². The number of unbranched alkanes of at least 4 members (excludes halogenated alkanes) is 4. The molecule has 0 aromatic heterocycles. The van der Waals surface area contributed by atoms with Crippen molar-refractivity contribution in [2.24, 2.45) is 5.41 Å². The van der Waals surface area contributed by atoms with Gasteiger partial charge < -0.3 is 16.4 Å². The van der Waals surface area contributed by atoms with E-state index in [0.29, 0.717) is 19.3 Å². The van der Waals surface area contributed by atoms with Crippen molar-refractivity contribution in [1.29, 1.82) is 0 Å². The van der Waals surface area contributed by atoms with Crippen molar-refractivity contribution in [3.8, 4) is 0 Å². The lowest BCUT2D eigenvalue weighted by Gasteiger charge is -2.42. The van der Waals surface area contributed by atoms with Crippen LogP contribution in [0.5, 0.6) is 0 Å². The summed E-state index contributed by atoms with van der Waals surface area (Å²) < 4.78 is 31.6. The van der Waals surface area contributed by atoms with Gasteiger partial charge in [-0.1, -0.05) is 65.7 Å². The van der Waals surface area contributed by atoms with Crippen LogP contribution >= 0.6 is 0 Å². The molecular formula is C17H35NO7S. The van der Waals surface area contributed by atoms with E-state index in [1.165, 1.54) is 0 Å². The fourth-order valence-corrected chi connectivity index (χ4v) is 5.19. The Morgan fingerprint density at radius 1 is 0.769 bits per heavy atom. The van der Waals surface area contributed by atoms with E-state index in [2.05, 4.69) is 0 Å². The summed E-state index contributed by atoms with van der Waals surface area (Å²) in [6.45, 7) is 5.36. The number of carboxylic acids is 2. The average Bonchev–Trinajstić information content (AvgIpc) is 2.48. The molecule has 9 heteroatoms. The van der Waals surface area contributed by atoms with E-state index in [1.807, 2.05) is 6.92 Å². The van der Waals surface area contributed by atoms with Crippen LogP contribution in [0.2, 0.25) is 0 Å². The number of hydrogen-bond acceptors (Lipinski definition) is 5. The summed E-state index contributed by atoms with van der Waals surface area (Å²) >= 11 is 0. The Hall–Kier alpha value is -1.19. The monoisotopic (exact) mass is 397 g/mol. The van der Waals surface area contributed by atoms with Gasteiger partial charge in [-0.05, 0) is 19.3 Å². The third-order valence-electron chi connectivity index (χ3n) is 4.95. The Balaban J connectivity index is 0. The van der Waals surface area contributed by atoms with E-state index in [4.69, 9.17) is 0 Å². The molecule has 1 atom stereocenters. The minimum absolute atomic E-state index is 0. The van der Waals surface area contributed by atoms with Crippen molar-refractivity contribution >= 4 is 22.1 Å². The molecule has 6 N–H and O–H groups in total. The topological polar surface area (TPSA) is 164 Å². The normalized spacial score (nSPS) is 14.3. The zero-order valence-electron chi connectivity index (χ0n) is 16.2. The van der Waals surface area contributed by atoms with E-state index in [9.17, 15) is 32.8 Å². The van der Waals surface area contributed by atoms with E-state index in [1.54, 1.807) is 13.8 Å². The van der Waals surface area contributed by atoms with Crippen molar-refractivity contribution in [3.63, 3.8) is 0 Å². The van der Waals surface area contributed by atoms with Crippen molar-refractivity contribution < 1.29 is 32.8 Å². The second-order valence-electron chi connectivity index (χ2n) is 6.66. The lowest BCUT2D eigenvalue weighted by Crippen LogP contribution is -2.62. The van der Waals surface area contributed by atoms with Crippen LogP contribution in [0.1, 0.15) is 85.0 Å². The smallest absolute Gasteiger partial charge is 0.328 e. The van der Waals surface area contributed by atoms with Gasteiger partial charge in [-0.15, -0.1) is 0 Å². The van der Waals surface area contributed by atoms with Crippen LogP contribution < -0.4 is 6.15 Å². The molecule has 156 valence electrons. The first-order valence-corrected chi connectivity index (χ1v) is 10.4. The minimum Gasteiger partial charge on any atom is -0.481 e. The highest BCUT2D eigenvalue weighted by Gasteiger charge is 2.67. The van der Waals surface area contributed by atoms with Crippen molar-refractivity contribution in [1.82, 2.24) is 6.15 Å². The number of aliphatic carboxylic acids is 2. The predicted molar refractivity (Wildman–Crippen MR) is 100 cm³/mol. The first-order chi connectivity index (χ1) is 11.6. The SMILES string of the molecule is CCCCCCCC(C(=O)O)(C(CCC)(CCC)C(=O)O)S(=O)(=O)O.N. The third kappa shape index (κ3) is 5.40. The quantitative estimate of drug-likeness (QED) is 0.253. The summed E-state index contributed by atoms with van der Waals surface area (Å²) in [5.41, 5.74) is -2.05. The van der Waals surface area contributed by atoms with Gasteiger partial charge in [-0.25, -0.2) is 0 Å². The van der Waals surface area contributed by atoms with Crippen LogP contribution in [0.15, 0.2) is 0 Å². The maximum absolute atomic E-state index is 12.2. The highest BCUT2D eigenvalue weighted by molar-refractivity contribution is 7.88. The molecule has 0 saturated heterocycles. The van der Waals surface area contributed by atoms with Gasteiger partial charge in [0.05, 0.1) is 0 Å². The zero-order chi connectivity index (χ0) is 19.7. The molecule has 0 aliphatic rings. The predicted octanol–water partition coefficient (Wildman–Crippen LogP) is 3.89. The van der Waals surface area contributed by atoms with Crippen LogP contribution in [-0.4, -0.2) is 39.9 Å². The Labute approximate surface area is 156 Å². The highest BCUT2D eigenvalue weighted by Crippen LogP contribution is 2.49. The number of rotatable bonds is 14. The average molecular weight is 398 g/mol. The Kier molecular flexibility index (Phi) is 12.0. The highest BCUT2D eigenvalue weighted by atomic mass is 32.2. The molecule has 0 aliphatic heterocycles. The van der Waals surface area contributed by atoms with Gasteiger partial charge in [0.25, 0.3) is 10.1 Å². The Morgan fingerprint density at radius 2 is 1.23 bits per heavy atom. The van der Waals surface area contributed by atoms with E-state index < -0.39 is 38.6 Å². The molecule has 0 aliphatic carbocycles. The first kappa shape index (κ1) is 27.0. The number of carbonyl (C=O) groups is 2. The minimum atomic E-state index is -5.15. The summed E-state index contributed by atoms with van der Waals surface area (Å²) in [6.07, 6.45) is 3.46. The molecule has 0 fully saturated rings. The maximum atomic E-state index is 12.2. The molecule has 1 unspecified atom stereocenters. The summed E-state index contributed by atoms with van der Waals surface area (Å²) in [7, 11) is -5.15. The molecule has 26 heavy (non-hydrogen) atoms. The summed E-state index contributed by atoms with van der Waals surface area (Å²) in [4.78, 5) is 24.2. The fraction of sp³-hybridized carbons (Fsp3) is 0.882. The summed E-state index contributed by atoms with van der Waals surface area (Å²) in [5.74, 6) is -3.26. The molecule has 0 aromatic rings. The lowest BCUT2D eigenvalue weighted by molar-refractivity contribution is -0.162. The van der Waals surface area contributed by atoms with E-state index in [-0.39, 0.29) is 25.4 Å². The van der Waals surface area contributed by atoms with Crippen LogP contribution in [0, 0.1) is 5.41 Å². The second kappa shape index (κ2) is 11.5. The van der Waals surface area contributed by atoms with Gasteiger partial charge in [0.1, 0.15) is 5.41 Å². The summed E-state index contributed by atoms with van der Waals surface area (Å²) in [5, 5.41) is 19.6. The molecule has 8 nitrogen and oxygen atoms in total. The van der Waals surface area contributed by atoms with Crippen LogP contribution in [0.3, 0.4) is 0 Å². The third-order valence-corrected chi connectivity index (χ3v) is 6.60. The van der Waals surface area contributed by atoms with E-state index >= 15 is 0 Å².